The number of benzene rings is 1. The molecule has 1 aromatic carbocycles. The van der Waals surface area contributed by atoms with Crippen LogP contribution in [0.1, 0.15) is 29.6 Å². The molecule has 4 rings (SSSR count). The Balaban J connectivity index is 1.30. The number of piperidine rings is 1. The SMILES string of the molecule is O=C(NC1CCN(C(=O)c2ccoc2)CC1)C1CC(=O)N(c2ccccc2Cl)C1. The number of nitrogens with zero attached hydrogens (tertiary/aromatic N) is 2. The van der Waals surface area contributed by atoms with Crippen molar-refractivity contribution in [3.05, 3.63) is 53.4 Å². The lowest BCUT2D eigenvalue weighted by molar-refractivity contribution is -0.127. The van der Waals surface area contributed by atoms with E-state index in [1.165, 1.54) is 12.5 Å². The third-order valence-corrected chi connectivity index (χ3v) is 5.86. The standard InChI is InChI=1S/C21H22ClN3O4/c22-17-3-1-2-4-18(17)25-12-15(11-19(25)26)20(27)23-16-5-8-24(9-6-16)21(28)14-7-10-29-13-14/h1-4,7,10,13,15-16H,5-6,8-9,11-12H2,(H,23,27). The summed E-state index contributed by atoms with van der Waals surface area (Å²) >= 11 is 6.20. The number of amides is 3. The van der Waals surface area contributed by atoms with Crippen molar-refractivity contribution in [2.45, 2.75) is 25.3 Å². The summed E-state index contributed by atoms with van der Waals surface area (Å²) in [5.41, 5.74) is 1.18. The summed E-state index contributed by atoms with van der Waals surface area (Å²) in [6.45, 7) is 1.47. The number of hydrogen-bond acceptors (Lipinski definition) is 4. The second-order valence-electron chi connectivity index (χ2n) is 7.44. The van der Waals surface area contributed by atoms with Crippen molar-refractivity contribution in [1.29, 1.82) is 0 Å². The molecule has 0 radical (unpaired) electrons. The highest BCUT2D eigenvalue weighted by Gasteiger charge is 2.37. The molecule has 1 atom stereocenters. The van der Waals surface area contributed by atoms with E-state index in [1.54, 1.807) is 34.1 Å². The average Bonchev–Trinajstić information content (AvgIpc) is 3.39. The number of hydrogen-bond donors (Lipinski definition) is 1. The number of anilines is 1. The topological polar surface area (TPSA) is 82.9 Å². The van der Waals surface area contributed by atoms with Crippen molar-refractivity contribution < 1.29 is 18.8 Å². The zero-order valence-corrected chi connectivity index (χ0v) is 16.6. The van der Waals surface area contributed by atoms with Gasteiger partial charge >= 0.3 is 0 Å². The van der Waals surface area contributed by atoms with Gasteiger partial charge in [-0.05, 0) is 31.0 Å². The van der Waals surface area contributed by atoms with Gasteiger partial charge in [0.1, 0.15) is 6.26 Å². The van der Waals surface area contributed by atoms with E-state index >= 15 is 0 Å². The first-order valence-electron chi connectivity index (χ1n) is 9.69. The van der Waals surface area contributed by atoms with Gasteiger partial charge in [0, 0.05) is 32.1 Å². The summed E-state index contributed by atoms with van der Waals surface area (Å²) < 4.78 is 4.97. The Morgan fingerprint density at radius 1 is 1.14 bits per heavy atom. The molecule has 2 fully saturated rings. The number of nitrogens with one attached hydrogen (secondary N) is 1. The van der Waals surface area contributed by atoms with E-state index in [4.69, 9.17) is 16.0 Å². The lowest BCUT2D eigenvalue weighted by Gasteiger charge is -2.32. The van der Waals surface area contributed by atoms with Crippen LogP contribution in [-0.4, -0.2) is 48.3 Å². The van der Waals surface area contributed by atoms with Gasteiger partial charge < -0.3 is 19.5 Å². The van der Waals surface area contributed by atoms with E-state index in [0.717, 1.165) is 0 Å². The fourth-order valence-electron chi connectivity index (χ4n) is 3.90. The number of rotatable bonds is 4. The fraction of sp³-hybridized carbons (Fsp3) is 0.381. The summed E-state index contributed by atoms with van der Waals surface area (Å²) in [6, 6.07) is 8.79. The molecule has 3 heterocycles. The largest absolute Gasteiger partial charge is 0.472 e. The van der Waals surface area contributed by atoms with Gasteiger partial charge in [0.15, 0.2) is 0 Å². The summed E-state index contributed by atoms with van der Waals surface area (Å²) in [4.78, 5) is 40.8. The Labute approximate surface area is 173 Å². The van der Waals surface area contributed by atoms with Crippen LogP contribution in [0.4, 0.5) is 5.69 Å². The highest BCUT2D eigenvalue weighted by Crippen LogP contribution is 2.31. The predicted molar refractivity (Wildman–Crippen MR) is 108 cm³/mol. The van der Waals surface area contributed by atoms with Crippen LogP contribution in [0.15, 0.2) is 47.3 Å². The molecule has 2 aliphatic heterocycles. The molecule has 7 nitrogen and oxygen atoms in total. The van der Waals surface area contributed by atoms with Gasteiger partial charge in [0.2, 0.25) is 11.8 Å². The highest BCUT2D eigenvalue weighted by molar-refractivity contribution is 6.33. The third-order valence-electron chi connectivity index (χ3n) is 5.54. The first-order valence-corrected chi connectivity index (χ1v) is 10.1. The van der Waals surface area contributed by atoms with Crippen molar-refractivity contribution in [2.75, 3.05) is 24.5 Å². The minimum atomic E-state index is -0.399. The smallest absolute Gasteiger partial charge is 0.257 e. The quantitative estimate of drug-likeness (QED) is 0.832. The molecule has 29 heavy (non-hydrogen) atoms. The Hall–Kier alpha value is -2.80. The van der Waals surface area contributed by atoms with Gasteiger partial charge in [-0.25, -0.2) is 0 Å². The third kappa shape index (κ3) is 4.15. The second-order valence-corrected chi connectivity index (χ2v) is 7.85. The molecule has 8 heteroatoms. The van der Waals surface area contributed by atoms with Crippen LogP contribution >= 0.6 is 11.6 Å². The van der Waals surface area contributed by atoms with E-state index in [2.05, 4.69) is 5.32 Å². The number of likely N-dealkylation sites (tertiary alicyclic amines) is 1. The predicted octanol–water partition coefficient (Wildman–Crippen LogP) is 2.71. The monoisotopic (exact) mass is 415 g/mol. The van der Waals surface area contributed by atoms with Crippen LogP contribution in [0.25, 0.3) is 0 Å². The first-order chi connectivity index (χ1) is 14.0. The molecule has 2 aliphatic rings. The van der Waals surface area contributed by atoms with E-state index in [-0.39, 0.29) is 30.2 Å². The van der Waals surface area contributed by atoms with Crippen LogP contribution in [0.2, 0.25) is 5.02 Å². The van der Waals surface area contributed by atoms with E-state index in [1.807, 2.05) is 6.07 Å². The Kier molecular flexibility index (Phi) is 5.58. The van der Waals surface area contributed by atoms with Gasteiger partial charge in [0.05, 0.1) is 28.5 Å². The summed E-state index contributed by atoms with van der Waals surface area (Å²) in [5.74, 6) is -0.670. The molecule has 0 spiro atoms. The van der Waals surface area contributed by atoms with Crippen LogP contribution in [0.5, 0.6) is 0 Å². The molecule has 3 amide bonds. The highest BCUT2D eigenvalue weighted by atomic mass is 35.5. The van der Waals surface area contributed by atoms with E-state index < -0.39 is 5.92 Å². The summed E-state index contributed by atoms with van der Waals surface area (Å²) in [7, 11) is 0. The number of para-hydroxylation sites is 1. The second kappa shape index (κ2) is 8.29. The molecule has 0 bridgehead atoms. The Bertz CT molecular complexity index is 906. The van der Waals surface area contributed by atoms with Crippen molar-refractivity contribution in [2.24, 2.45) is 5.92 Å². The van der Waals surface area contributed by atoms with Gasteiger partial charge in [-0.15, -0.1) is 0 Å². The van der Waals surface area contributed by atoms with Crippen molar-refractivity contribution >= 4 is 35.0 Å². The molecule has 1 unspecified atom stereocenters. The Morgan fingerprint density at radius 2 is 1.90 bits per heavy atom. The fourth-order valence-corrected chi connectivity index (χ4v) is 4.14. The van der Waals surface area contributed by atoms with Gasteiger partial charge in [-0.2, -0.15) is 0 Å². The molecule has 1 N–H and O–H groups in total. The van der Waals surface area contributed by atoms with Crippen molar-refractivity contribution in [3.63, 3.8) is 0 Å². The minimum absolute atomic E-state index is 0.000338. The summed E-state index contributed by atoms with van der Waals surface area (Å²) in [5, 5.41) is 3.55. The number of halogens is 1. The van der Waals surface area contributed by atoms with E-state index in [0.29, 0.717) is 48.7 Å². The number of furan rings is 1. The maximum absolute atomic E-state index is 12.7. The average molecular weight is 416 g/mol. The molecule has 2 saturated heterocycles. The maximum Gasteiger partial charge on any atom is 0.257 e. The number of carbonyl (C=O) groups is 3. The van der Waals surface area contributed by atoms with Gasteiger partial charge in [-0.3, -0.25) is 14.4 Å². The van der Waals surface area contributed by atoms with Crippen LogP contribution in [0, 0.1) is 5.92 Å². The van der Waals surface area contributed by atoms with Crippen LogP contribution in [0.3, 0.4) is 0 Å². The van der Waals surface area contributed by atoms with Gasteiger partial charge in [0.25, 0.3) is 5.91 Å². The molecule has 1 aromatic heterocycles. The lowest BCUT2D eigenvalue weighted by atomic mass is 10.0. The van der Waals surface area contributed by atoms with Crippen LogP contribution in [-0.2, 0) is 9.59 Å². The molecular formula is C21H22ClN3O4. The minimum Gasteiger partial charge on any atom is -0.472 e. The zero-order valence-electron chi connectivity index (χ0n) is 15.8. The normalized spacial score (nSPS) is 20.2. The van der Waals surface area contributed by atoms with E-state index in [9.17, 15) is 14.4 Å². The molecule has 0 aliphatic carbocycles. The van der Waals surface area contributed by atoms with Crippen LogP contribution < -0.4 is 10.2 Å². The maximum atomic E-state index is 12.7. The zero-order chi connectivity index (χ0) is 20.4. The Morgan fingerprint density at radius 3 is 2.59 bits per heavy atom. The number of carbonyl (C=O) groups excluding carboxylic acids is 3. The summed E-state index contributed by atoms with van der Waals surface area (Å²) in [6.07, 6.45) is 4.47. The first kappa shape index (κ1) is 19.5. The molecular weight excluding hydrogens is 394 g/mol. The molecule has 2 aromatic rings. The molecule has 0 saturated carbocycles. The van der Waals surface area contributed by atoms with Crippen molar-refractivity contribution in [1.82, 2.24) is 10.2 Å². The van der Waals surface area contributed by atoms with Gasteiger partial charge in [-0.1, -0.05) is 23.7 Å². The molecule has 152 valence electrons. The lowest BCUT2D eigenvalue weighted by Crippen LogP contribution is -2.48. The van der Waals surface area contributed by atoms with Crippen molar-refractivity contribution in [3.8, 4) is 0 Å².